The molecule has 0 aromatic heterocycles. The summed E-state index contributed by atoms with van der Waals surface area (Å²) in [6.07, 6.45) is 0. The van der Waals surface area contributed by atoms with Gasteiger partial charge in [0.1, 0.15) is 0 Å². The Kier molecular flexibility index (Phi) is 4.35. The molecule has 1 atom stereocenters. The summed E-state index contributed by atoms with van der Waals surface area (Å²) in [7, 11) is -1.87. The lowest BCUT2D eigenvalue weighted by Gasteiger charge is -2.18. The smallest absolute Gasteiger partial charge is 0.207 e. The molecule has 0 saturated heterocycles. The lowest BCUT2D eigenvalue weighted by molar-refractivity contribution is 0.470. The van der Waals surface area contributed by atoms with Crippen molar-refractivity contribution in [2.45, 2.75) is 24.1 Å². The minimum absolute atomic E-state index is 0.203. The first kappa shape index (κ1) is 13.5. The Balaban J connectivity index is 2.97. The molecule has 3 nitrogen and oxygen atoms in total. The van der Waals surface area contributed by atoms with Gasteiger partial charge in [0, 0.05) is 19.0 Å². The van der Waals surface area contributed by atoms with E-state index in [2.05, 4.69) is 0 Å². The van der Waals surface area contributed by atoms with Gasteiger partial charge in [0.25, 0.3) is 0 Å². The summed E-state index contributed by atoms with van der Waals surface area (Å²) in [6.45, 7) is 3.99. The lowest BCUT2D eigenvalue weighted by Crippen LogP contribution is -2.31. The van der Waals surface area contributed by atoms with Gasteiger partial charge in [-0.05, 0) is 26.0 Å². The highest BCUT2D eigenvalue weighted by Crippen LogP contribution is 2.15. The Labute approximate surface area is 102 Å². The maximum absolute atomic E-state index is 12.0. The van der Waals surface area contributed by atoms with Crippen molar-refractivity contribution < 1.29 is 8.42 Å². The molecular formula is C11H16ClNO2S. The van der Waals surface area contributed by atoms with Crippen LogP contribution in [0.5, 0.6) is 0 Å². The molecule has 0 spiro atoms. The molecular weight excluding hydrogens is 246 g/mol. The SMILES string of the molecule is Cc1ccc(S(=O)(=O)N(C)CC(C)Cl)cc1. The van der Waals surface area contributed by atoms with Gasteiger partial charge in [-0.3, -0.25) is 0 Å². The molecule has 90 valence electrons. The van der Waals surface area contributed by atoms with E-state index in [1.807, 2.05) is 6.92 Å². The van der Waals surface area contributed by atoms with Crippen LogP contribution >= 0.6 is 11.6 Å². The number of aryl methyl sites for hydroxylation is 1. The number of rotatable bonds is 4. The molecule has 5 heteroatoms. The number of nitrogens with zero attached hydrogens (tertiary/aromatic N) is 1. The van der Waals surface area contributed by atoms with Crippen LogP contribution < -0.4 is 0 Å². The van der Waals surface area contributed by atoms with Crippen LogP contribution in [-0.4, -0.2) is 31.7 Å². The van der Waals surface area contributed by atoms with E-state index >= 15 is 0 Å². The van der Waals surface area contributed by atoms with Gasteiger partial charge in [0.2, 0.25) is 10.0 Å². The fourth-order valence-corrected chi connectivity index (χ4v) is 2.89. The highest BCUT2D eigenvalue weighted by atomic mass is 35.5. The monoisotopic (exact) mass is 261 g/mol. The molecule has 1 unspecified atom stereocenters. The standard InChI is InChI=1S/C11H16ClNO2S/c1-9-4-6-11(7-5-9)16(14,15)13(3)8-10(2)12/h4-7,10H,8H2,1-3H3. The summed E-state index contributed by atoms with van der Waals surface area (Å²) in [5.41, 5.74) is 1.03. The van der Waals surface area contributed by atoms with Gasteiger partial charge < -0.3 is 0 Å². The van der Waals surface area contributed by atoms with Crippen LogP contribution in [0, 0.1) is 6.92 Å². The van der Waals surface area contributed by atoms with Crippen LogP contribution in [0.3, 0.4) is 0 Å². The van der Waals surface area contributed by atoms with Crippen molar-refractivity contribution >= 4 is 21.6 Å². The maximum Gasteiger partial charge on any atom is 0.242 e. The van der Waals surface area contributed by atoms with Gasteiger partial charge in [0.15, 0.2) is 0 Å². The Morgan fingerprint density at radius 2 is 1.81 bits per heavy atom. The number of hydrogen-bond donors (Lipinski definition) is 0. The normalized spacial score (nSPS) is 14.1. The zero-order valence-corrected chi connectivity index (χ0v) is 11.2. The number of hydrogen-bond acceptors (Lipinski definition) is 2. The second kappa shape index (κ2) is 5.17. The van der Waals surface area contributed by atoms with Crippen molar-refractivity contribution in [3.8, 4) is 0 Å². The zero-order valence-electron chi connectivity index (χ0n) is 9.64. The quantitative estimate of drug-likeness (QED) is 0.780. The molecule has 0 aliphatic heterocycles. The summed E-state index contributed by atoms with van der Waals surface area (Å²) in [5, 5.41) is -0.203. The van der Waals surface area contributed by atoms with Crippen LogP contribution in [0.15, 0.2) is 29.2 Å². The van der Waals surface area contributed by atoms with Crippen molar-refractivity contribution in [2.24, 2.45) is 0 Å². The van der Waals surface area contributed by atoms with E-state index in [9.17, 15) is 8.42 Å². The van der Waals surface area contributed by atoms with E-state index in [4.69, 9.17) is 11.6 Å². The average molecular weight is 262 g/mol. The number of alkyl halides is 1. The first-order valence-corrected chi connectivity index (χ1v) is 6.89. The second-order valence-electron chi connectivity index (χ2n) is 3.88. The van der Waals surface area contributed by atoms with E-state index in [-0.39, 0.29) is 5.38 Å². The summed E-state index contributed by atoms with van der Waals surface area (Å²) in [5.74, 6) is 0. The van der Waals surface area contributed by atoms with Crippen molar-refractivity contribution in [3.63, 3.8) is 0 Å². The molecule has 1 aromatic carbocycles. The summed E-state index contributed by atoms with van der Waals surface area (Å²) >= 11 is 5.79. The van der Waals surface area contributed by atoms with Gasteiger partial charge in [0.05, 0.1) is 4.90 Å². The molecule has 0 aliphatic carbocycles. The highest BCUT2D eigenvalue weighted by Gasteiger charge is 2.21. The van der Waals surface area contributed by atoms with E-state index in [1.165, 1.54) is 11.4 Å². The number of benzene rings is 1. The predicted octanol–water partition coefficient (Wildman–Crippen LogP) is 2.24. The first-order chi connectivity index (χ1) is 7.34. The van der Waals surface area contributed by atoms with Crippen LogP contribution in [0.4, 0.5) is 0 Å². The van der Waals surface area contributed by atoms with Crippen molar-refractivity contribution in [3.05, 3.63) is 29.8 Å². The van der Waals surface area contributed by atoms with Gasteiger partial charge in [-0.15, -0.1) is 11.6 Å². The molecule has 0 fully saturated rings. The van der Waals surface area contributed by atoms with Crippen LogP contribution in [-0.2, 0) is 10.0 Å². The minimum Gasteiger partial charge on any atom is -0.207 e. The summed E-state index contributed by atoms with van der Waals surface area (Å²) in [4.78, 5) is 0.304. The molecule has 0 N–H and O–H groups in total. The third-order valence-corrected chi connectivity index (χ3v) is 4.21. The average Bonchev–Trinajstić information content (AvgIpc) is 2.17. The maximum atomic E-state index is 12.0. The molecule has 0 amide bonds. The van der Waals surface area contributed by atoms with Crippen LogP contribution in [0.1, 0.15) is 12.5 Å². The largest absolute Gasteiger partial charge is 0.242 e. The van der Waals surface area contributed by atoms with Gasteiger partial charge in [-0.1, -0.05) is 17.7 Å². The summed E-state index contributed by atoms with van der Waals surface area (Å²) in [6, 6.07) is 6.79. The fraction of sp³-hybridized carbons (Fsp3) is 0.455. The third kappa shape index (κ3) is 3.20. The van der Waals surface area contributed by atoms with E-state index in [1.54, 1.807) is 31.2 Å². The van der Waals surface area contributed by atoms with Crippen LogP contribution in [0.25, 0.3) is 0 Å². The molecule has 16 heavy (non-hydrogen) atoms. The van der Waals surface area contributed by atoms with Gasteiger partial charge in [-0.25, -0.2) is 8.42 Å². The zero-order chi connectivity index (χ0) is 12.3. The highest BCUT2D eigenvalue weighted by molar-refractivity contribution is 7.89. The molecule has 0 aliphatic rings. The van der Waals surface area contributed by atoms with Gasteiger partial charge in [-0.2, -0.15) is 4.31 Å². The Hall–Kier alpha value is -0.580. The Morgan fingerprint density at radius 1 is 1.31 bits per heavy atom. The topological polar surface area (TPSA) is 37.4 Å². The minimum atomic E-state index is -3.40. The fourth-order valence-electron chi connectivity index (χ4n) is 1.34. The number of sulfonamides is 1. The lowest BCUT2D eigenvalue weighted by atomic mass is 10.2. The molecule has 1 aromatic rings. The molecule has 0 radical (unpaired) electrons. The molecule has 1 rings (SSSR count). The van der Waals surface area contributed by atoms with E-state index in [0.29, 0.717) is 11.4 Å². The molecule has 0 bridgehead atoms. The molecule has 0 saturated carbocycles. The Morgan fingerprint density at radius 3 is 2.25 bits per heavy atom. The summed E-state index contributed by atoms with van der Waals surface area (Å²) < 4.78 is 25.4. The first-order valence-electron chi connectivity index (χ1n) is 5.01. The van der Waals surface area contributed by atoms with Crippen LogP contribution in [0.2, 0.25) is 0 Å². The van der Waals surface area contributed by atoms with E-state index < -0.39 is 10.0 Å². The third-order valence-electron chi connectivity index (χ3n) is 2.24. The number of halogens is 1. The second-order valence-corrected chi connectivity index (χ2v) is 6.67. The van der Waals surface area contributed by atoms with Gasteiger partial charge >= 0.3 is 0 Å². The van der Waals surface area contributed by atoms with Crippen molar-refractivity contribution in [2.75, 3.05) is 13.6 Å². The predicted molar refractivity (Wildman–Crippen MR) is 66.3 cm³/mol. The van der Waals surface area contributed by atoms with E-state index in [0.717, 1.165) is 5.56 Å². The van der Waals surface area contributed by atoms with Crippen molar-refractivity contribution in [1.82, 2.24) is 4.31 Å². The van der Waals surface area contributed by atoms with Crippen molar-refractivity contribution in [1.29, 1.82) is 0 Å². The Bertz CT molecular complexity index is 440. The molecule has 0 heterocycles.